The van der Waals surface area contributed by atoms with E-state index in [-0.39, 0.29) is 23.0 Å². The maximum atomic E-state index is 12.9. The smallest absolute Gasteiger partial charge is 0.416 e. The fourth-order valence-electron chi connectivity index (χ4n) is 2.41. The van der Waals surface area contributed by atoms with Crippen LogP contribution in [-0.2, 0) is 12.7 Å². The Labute approximate surface area is 135 Å². The van der Waals surface area contributed by atoms with Crippen molar-refractivity contribution in [3.05, 3.63) is 34.1 Å². The molecule has 0 saturated heterocycles. The molecule has 0 aliphatic heterocycles. The average molecular weight is 340 g/mol. The summed E-state index contributed by atoms with van der Waals surface area (Å²) in [6.07, 6.45) is -2.53. The van der Waals surface area contributed by atoms with Gasteiger partial charge in [-0.05, 0) is 37.0 Å². The normalized spacial score (nSPS) is 14.7. The van der Waals surface area contributed by atoms with E-state index in [4.69, 9.17) is 10.5 Å². The molecule has 3 rings (SSSR count). The Kier molecular flexibility index (Phi) is 3.94. The van der Waals surface area contributed by atoms with E-state index >= 15 is 0 Å². The van der Waals surface area contributed by atoms with E-state index < -0.39 is 17.3 Å². The number of nitrogen functional groups attached to an aromatic ring is 1. The van der Waals surface area contributed by atoms with E-state index in [9.17, 15) is 18.0 Å². The molecule has 0 radical (unpaired) electrons. The summed E-state index contributed by atoms with van der Waals surface area (Å²) in [6, 6.07) is 3.02. The molecule has 0 amide bonds. The molecule has 1 aliphatic carbocycles. The van der Waals surface area contributed by atoms with Gasteiger partial charge in [-0.1, -0.05) is 0 Å². The van der Waals surface area contributed by atoms with E-state index in [1.807, 2.05) is 0 Å². The third-order valence-electron chi connectivity index (χ3n) is 3.88. The first-order valence-electron chi connectivity index (χ1n) is 7.30. The van der Waals surface area contributed by atoms with E-state index in [1.54, 1.807) is 0 Å². The third kappa shape index (κ3) is 3.06. The van der Waals surface area contributed by atoms with Crippen molar-refractivity contribution in [1.29, 1.82) is 0 Å². The van der Waals surface area contributed by atoms with Crippen LogP contribution < -0.4 is 16.0 Å². The molecule has 1 aromatic carbocycles. The minimum absolute atomic E-state index is 0.0344. The molecule has 24 heavy (non-hydrogen) atoms. The summed E-state index contributed by atoms with van der Waals surface area (Å²) in [7, 11) is 1.26. The summed E-state index contributed by atoms with van der Waals surface area (Å²) < 4.78 is 45.0. The van der Waals surface area contributed by atoms with Crippen molar-refractivity contribution in [2.24, 2.45) is 5.92 Å². The van der Waals surface area contributed by atoms with E-state index in [0.717, 1.165) is 25.0 Å². The molecule has 2 aromatic rings. The van der Waals surface area contributed by atoms with Crippen LogP contribution in [0.4, 0.5) is 19.0 Å². The zero-order valence-corrected chi connectivity index (χ0v) is 12.8. The number of aromatic nitrogens is 3. The molecule has 0 atom stereocenters. The Morgan fingerprint density at radius 2 is 2.04 bits per heavy atom. The van der Waals surface area contributed by atoms with Crippen LogP contribution in [0.5, 0.6) is 5.75 Å². The molecule has 1 heterocycles. The van der Waals surface area contributed by atoms with Crippen molar-refractivity contribution in [2.75, 3.05) is 12.8 Å². The van der Waals surface area contributed by atoms with Gasteiger partial charge in [0, 0.05) is 6.54 Å². The molecular formula is C15H15F3N4O2. The molecule has 1 aliphatic rings. The zero-order chi connectivity index (χ0) is 17.5. The maximum Gasteiger partial charge on any atom is 0.416 e. The van der Waals surface area contributed by atoms with Gasteiger partial charge in [0.15, 0.2) is 5.82 Å². The summed E-state index contributed by atoms with van der Waals surface area (Å²) in [4.78, 5) is 12.3. The van der Waals surface area contributed by atoms with Gasteiger partial charge in [-0.2, -0.15) is 13.2 Å². The van der Waals surface area contributed by atoms with Gasteiger partial charge < -0.3 is 10.5 Å². The lowest BCUT2D eigenvalue weighted by Gasteiger charge is -2.15. The van der Waals surface area contributed by atoms with Crippen LogP contribution in [0.25, 0.3) is 11.4 Å². The second-order valence-electron chi connectivity index (χ2n) is 5.68. The second-order valence-corrected chi connectivity index (χ2v) is 5.68. The number of anilines is 1. The molecule has 0 unspecified atom stereocenters. The molecule has 1 aromatic heterocycles. The number of nitrogens with two attached hydrogens (primary N) is 1. The predicted molar refractivity (Wildman–Crippen MR) is 80.4 cm³/mol. The minimum atomic E-state index is -4.49. The second kappa shape index (κ2) is 5.81. The number of hydrogen-bond donors (Lipinski definition) is 1. The van der Waals surface area contributed by atoms with Crippen molar-refractivity contribution in [1.82, 2.24) is 14.8 Å². The number of halogens is 3. The molecule has 9 heteroatoms. The summed E-state index contributed by atoms with van der Waals surface area (Å²) >= 11 is 0. The lowest BCUT2D eigenvalue weighted by Crippen LogP contribution is -2.28. The van der Waals surface area contributed by atoms with Crippen LogP contribution >= 0.6 is 0 Å². The monoisotopic (exact) mass is 340 g/mol. The van der Waals surface area contributed by atoms with Gasteiger partial charge in [-0.3, -0.25) is 9.36 Å². The van der Waals surface area contributed by atoms with Gasteiger partial charge in [0.1, 0.15) is 5.75 Å². The molecular weight excluding hydrogens is 325 g/mol. The Hall–Kier alpha value is -2.58. The molecule has 128 valence electrons. The quantitative estimate of drug-likeness (QED) is 0.923. The third-order valence-corrected chi connectivity index (χ3v) is 3.88. The van der Waals surface area contributed by atoms with Gasteiger partial charge >= 0.3 is 6.18 Å². The molecule has 0 bridgehead atoms. The van der Waals surface area contributed by atoms with Crippen LogP contribution in [0.1, 0.15) is 18.4 Å². The highest BCUT2D eigenvalue weighted by molar-refractivity contribution is 5.65. The minimum Gasteiger partial charge on any atom is -0.496 e. The van der Waals surface area contributed by atoms with Crippen molar-refractivity contribution in [2.45, 2.75) is 25.6 Å². The number of nitrogens with zero attached hydrogens (tertiary/aromatic N) is 3. The van der Waals surface area contributed by atoms with Gasteiger partial charge in [0.2, 0.25) is 5.82 Å². The van der Waals surface area contributed by atoms with Crippen molar-refractivity contribution in [3.63, 3.8) is 0 Å². The highest BCUT2D eigenvalue weighted by atomic mass is 19.4. The van der Waals surface area contributed by atoms with Crippen LogP contribution in [-0.4, -0.2) is 21.9 Å². The lowest BCUT2D eigenvalue weighted by atomic mass is 10.1. The summed E-state index contributed by atoms with van der Waals surface area (Å²) in [6.45, 7) is 0.401. The number of benzene rings is 1. The number of methoxy groups -OCH3 is 1. The standard InChI is InChI=1S/C15H15F3N4O2/c1-24-11-6-9(15(16,17)18)4-5-10(11)13-21-20-12(19)14(23)22(13)7-8-2-3-8/h4-6,8H,2-3,7H2,1H3,(H2,19,20). The Bertz CT molecular complexity index is 828. The highest BCUT2D eigenvalue weighted by Gasteiger charge is 2.32. The lowest BCUT2D eigenvalue weighted by molar-refractivity contribution is -0.137. The summed E-state index contributed by atoms with van der Waals surface area (Å²) in [5.41, 5.74) is 4.44. The van der Waals surface area contributed by atoms with Crippen molar-refractivity contribution in [3.8, 4) is 17.1 Å². The van der Waals surface area contributed by atoms with Gasteiger partial charge in [-0.25, -0.2) is 0 Å². The Morgan fingerprint density at radius 1 is 1.33 bits per heavy atom. The average Bonchev–Trinajstić information content (AvgIpc) is 3.35. The van der Waals surface area contributed by atoms with E-state index in [0.29, 0.717) is 12.5 Å². The molecule has 2 N–H and O–H groups in total. The Balaban J connectivity index is 2.15. The fraction of sp³-hybridized carbons (Fsp3) is 0.400. The predicted octanol–water partition coefficient (Wildman–Crippen LogP) is 2.32. The number of ether oxygens (including phenoxy) is 1. The highest BCUT2D eigenvalue weighted by Crippen LogP contribution is 2.37. The van der Waals surface area contributed by atoms with Crippen LogP contribution in [0.15, 0.2) is 23.0 Å². The zero-order valence-electron chi connectivity index (χ0n) is 12.8. The first-order chi connectivity index (χ1) is 11.3. The Morgan fingerprint density at radius 3 is 2.62 bits per heavy atom. The molecule has 1 fully saturated rings. The summed E-state index contributed by atoms with van der Waals surface area (Å²) in [5.74, 6) is 0.204. The molecule has 6 nitrogen and oxygen atoms in total. The van der Waals surface area contributed by atoms with E-state index in [1.165, 1.54) is 17.7 Å². The first-order valence-corrected chi connectivity index (χ1v) is 7.30. The van der Waals surface area contributed by atoms with Gasteiger partial charge in [0.25, 0.3) is 5.56 Å². The van der Waals surface area contributed by atoms with E-state index in [2.05, 4.69) is 10.2 Å². The number of alkyl halides is 3. The first kappa shape index (κ1) is 16.3. The van der Waals surface area contributed by atoms with Crippen LogP contribution in [0.2, 0.25) is 0 Å². The number of hydrogen-bond acceptors (Lipinski definition) is 5. The van der Waals surface area contributed by atoms with Crippen LogP contribution in [0.3, 0.4) is 0 Å². The van der Waals surface area contributed by atoms with Crippen molar-refractivity contribution < 1.29 is 17.9 Å². The van der Waals surface area contributed by atoms with Crippen LogP contribution in [0, 0.1) is 5.92 Å². The maximum absolute atomic E-state index is 12.9. The van der Waals surface area contributed by atoms with Crippen molar-refractivity contribution >= 4 is 5.82 Å². The largest absolute Gasteiger partial charge is 0.496 e. The SMILES string of the molecule is COc1cc(C(F)(F)F)ccc1-c1nnc(N)c(=O)n1CC1CC1. The topological polar surface area (TPSA) is 83.0 Å². The fourth-order valence-corrected chi connectivity index (χ4v) is 2.41. The molecule has 1 saturated carbocycles. The van der Waals surface area contributed by atoms with Gasteiger partial charge in [-0.15, -0.1) is 10.2 Å². The number of rotatable bonds is 4. The summed E-state index contributed by atoms with van der Waals surface area (Å²) in [5, 5.41) is 7.52. The molecule has 0 spiro atoms. The van der Waals surface area contributed by atoms with Gasteiger partial charge in [0.05, 0.1) is 18.2 Å².